The third-order valence-electron chi connectivity index (χ3n) is 4.90. The minimum Gasteiger partial charge on any atom is -0.340 e. The van der Waals surface area contributed by atoms with Gasteiger partial charge in [-0.15, -0.1) is 0 Å². The summed E-state index contributed by atoms with van der Waals surface area (Å²) in [6.45, 7) is 3.83. The molecule has 2 aromatic rings. The van der Waals surface area contributed by atoms with Crippen molar-refractivity contribution in [3.8, 4) is 0 Å². The van der Waals surface area contributed by atoms with Crippen LogP contribution >= 0.6 is 0 Å². The van der Waals surface area contributed by atoms with Crippen LogP contribution in [0, 0.1) is 10.1 Å². The van der Waals surface area contributed by atoms with E-state index in [9.17, 15) is 19.7 Å². The second-order valence-corrected chi connectivity index (χ2v) is 6.99. The molecule has 152 valence electrons. The van der Waals surface area contributed by atoms with E-state index < -0.39 is 4.92 Å². The molecule has 8 heteroatoms. The summed E-state index contributed by atoms with van der Waals surface area (Å²) in [5.74, 6) is -0.307. The maximum atomic E-state index is 12.4. The summed E-state index contributed by atoms with van der Waals surface area (Å²) >= 11 is 0. The number of hydrogen-bond donors (Lipinski definition) is 1. The summed E-state index contributed by atoms with van der Waals surface area (Å²) in [5, 5.41) is 13.3. The summed E-state index contributed by atoms with van der Waals surface area (Å²) in [4.78, 5) is 38.7. The summed E-state index contributed by atoms with van der Waals surface area (Å²) in [5.41, 5.74) is 1.70. The zero-order valence-corrected chi connectivity index (χ0v) is 16.1. The van der Waals surface area contributed by atoms with Crippen LogP contribution < -0.4 is 5.32 Å². The number of nitrogens with one attached hydrogen (secondary N) is 1. The average Bonchev–Trinajstić information content (AvgIpc) is 2.74. The Bertz CT molecular complexity index is 847. The smallest absolute Gasteiger partial charge is 0.269 e. The highest BCUT2D eigenvalue weighted by atomic mass is 16.6. The van der Waals surface area contributed by atoms with Gasteiger partial charge in [-0.1, -0.05) is 30.3 Å². The van der Waals surface area contributed by atoms with Crippen molar-refractivity contribution >= 4 is 23.2 Å². The summed E-state index contributed by atoms with van der Waals surface area (Å²) < 4.78 is 0. The van der Waals surface area contributed by atoms with Crippen LogP contribution in [0.25, 0.3) is 0 Å². The summed E-state index contributed by atoms with van der Waals surface area (Å²) in [7, 11) is 0. The molecule has 1 fully saturated rings. The molecule has 0 unspecified atom stereocenters. The van der Waals surface area contributed by atoms with Gasteiger partial charge in [0.05, 0.1) is 4.92 Å². The molecule has 1 heterocycles. The molecule has 2 amide bonds. The summed E-state index contributed by atoms with van der Waals surface area (Å²) in [6, 6.07) is 15.9. The van der Waals surface area contributed by atoms with Crippen molar-refractivity contribution in [2.24, 2.45) is 0 Å². The Kier molecular flexibility index (Phi) is 6.91. The Morgan fingerprint density at radius 3 is 2.21 bits per heavy atom. The highest BCUT2D eigenvalue weighted by Gasteiger charge is 2.21. The number of benzene rings is 2. The van der Waals surface area contributed by atoms with Gasteiger partial charge >= 0.3 is 0 Å². The summed E-state index contributed by atoms with van der Waals surface area (Å²) in [6.07, 6.45) is 0.234. The molecule has 0 aliphatic carbocycles. The minimum atomic E-state index is -0.496. The van der Waals surface area contributed by atoms with E-state index in [-0.39, 0.29) is 30.3 Å². The molecule has 0 radical (unpaired) electrons. The minimum absolute atomic E-state index is 0.0248. The fraction of sp³-hybridized carbons (Fsp3) is 0.333. The van der Waals surface area contributed by atoms with Crippen molar-refractivity contribution in [2.75, 3.05) is 31.5 Å². The molecule has 0 atom stereocenters. The molecule has 8 nitrogen and oxygen atoms in total. The van der Waals surface area contributed by atoms with Crippen molar-refractivity contribution < 1.29 is 14.5 Å². The molecule has 1 aliphatic rings. The fourth-order valence-electron chi connectivity index (χ4n) is 3.27. The zero-order chi connectivity index (χ0) is 20.6. The van der Waals surface area contributed by atoms with E-state index in [0.29, 0.717) is 18.8 Å². The van der Waals surface area contributed by atoms with Gasteiger partial charge in [0.2, 0.25) is 11.8 Å². The van der Waals surface area contributed by atoms with E-state index in [4.69, 9.17) is 0 Å². The monoisotopic (exact) mass is 396 g/mol. The SMILES string of the molecule is O=C(CCC(=O)N1CCN(Cc2ccccc2)CC1)Nc1ccc([N+](=O)[O-])cc1. The number of carbonyl (C=O) groups excluding carboxylic acids is 2. The number of nitro benzene ring substituents is 1. The molecular formula is C21H24N4O4. The van der Waals surface area contributed by atoms with Crippen LogP contribution in [-0.2, 0) is 16.1 Å². The van der Waals surface area contributed by atoms with Crippen LogP contribution in [0.1, 0.15) is 18.4 Å². The average molecular weight is 396 g/mol. The second-order valence-electron chi connectivity index (χ2n) is 6.99. The van der Waals surface area contributed by atoms with Gasteiger partial charge in [0.1, 0.15) is 0 Å². The molecule has 3 rings (SSSR count). The number of anilines is 1. The highest BCUT2D eigenvalue weighted by Crippen LogP contribution is 2.16. The van der Waals surface area contributed by atoms with Crippen molar-refractivity contribution in [3.05, 3.63) is 70.3 Å². The van der Waals surface area contributed by atoms with Crippen LogP contribution in [0.3, 0.4) is 0 Å². The van der Waals surface area contributed by atoms with Gasteiger partial charge in [-0.25, -0.2) is 0 Å². The van der Waals surface area contributed by atoms with Crippen molar-refractivity contribution in [1.29, 1.82) is 0 Å². The number of carbonyl (C=O) groups is 2. The fourth-order valence-corrected chi connectivity index (χ4v) is 3.27. The van der Waals surface area contributed by atoms with E-state index in [1.54, 1.807) is 4.90 Å². The molecule has 0 spiro atoms. The highest BCUT2D eigenvalue weighted by molar-refractivity contribution is 5.93. The predicted molar refractivity (Wildman–Crippen MR) is 109 cm³/mol. The van der Waals surface area contributed by atoms with Crippen LogP contribution in [-0.4, -0.2) is 52.7 Å². The van der Waals surface area contributed by atoms with Crippen LogP contribution in [0.5, 0.6) is 0 Å². The molecule has 1 N–H and O–H groups in total. The van der Waals surface area contributed by atoms with E-state index in [0.717, 1.165) is 19.6 Å². The number of amides is 2. The maximum absolute atomic E-state index is 12.4. The Morgan fingerprint density at radius 2 is 1.59 bits per heavy atom. The Hall–Kier alpha value is -3.26. The van der Waals surface area contributed by atoms with E-state index >= 15 is 0 Å². The normalized spacial score (nSPS) is 14.4. The van der Waals surface area contributed by atoms with E-state index in [1.807, 2.05) is 18.2 Å². The second kappa shape index (κ2) is 9.79. The first-order valence-corrected chi connectivity index (χ1v) is 9.59. The third-order valence-corrected chi connectivity index (χ3v) is 4.90. The molecule has 1 aliphatic heterocycles. The lowest BCUT2D eigenvalue weighted by molar-refractivity contribution is -0.384. The topological polar surface area (TPSA) is 95.8 Å². The molecular weight excluding hydrogens is 372 g/mol. The lowest BCUT2D eigenvalue weighted by Gasteiger charge is -2.34. The molecule has 0 aromatic heterocycles. The number of nitro groups is 1. The largest absolute Gasteiger partial charge is 0.340 e. The third kappa shape index (κ3) is 6.11. The quantitative estimate of drug-likeness (QED) is 0.573. The lowest BCUT2D eigenvalue weighted by atomic mass is 10.2. The molecule has 29 heavy (non-hydrogen) atoms. The van der Waals surface area contributed by atoms with Crippen molar-refractivity contribution in [2.45, 2.75) is 19.4 Å². The van der Waals surface area contributed by atoms with Crippen LogP contribution in [0.2, 0.25) is 0 Å². The molecule has 0 saturated carbocycles. The number of non-ortho nitro benzene ring substituents is 1. The van der Waals surface area contributed by atoms with Crippen molar-refractivity contribution in [3.63, 3.8) is 0 Å². The molecule has 2 aromatic carbocycles. The van der Waals surface area contributed by atoms with Gasteiger partial charge in [0.25, 0.3) is 5.69 Å². The first kappa shape index (κ1) is 20.5. The van der Waals surface area contributed by atoms with Crippen molar-refractivity contribution in [1.82, 2.24) is 9.80 Å². The van der Waals surface area contributed by atoms with Gasteiger partial charge in [-0.05, 0) is 17.7 Å². The first-order chi connectivity index (χ1) is 14.0. The van der Waals surface area contributed by atoms with Gasteiger partial charge in [-0.3, -0.25) is 24.6 Å². The Morgan fingerprint density at radius 1 is 0.931 bits per heavy atom. The van der Waals surface area contributed by atoms with E-state index in [2.05, 4.69) is 22.3 Å². The number of nitrogens with zero attached hydrogens (tertiary/aromatic N) is 3. The maximum Gasteiger partial charge on any atom is 0.269 e. The van der Waals surface area contributed by atoms with Gasteiger partial charge in [0.15, 0.2) is 0 Å². The first-order valence-electron chi connectivity index (χ1n) is 9.59. The van der Waals surface area contributed by atoms with Crippen LogP contribution in [0.15, 0.2) is 54.6 Å². The molecule has 0 bridgehead atoms. The predicted octanol–water partition coefficient (Wildman–Crippen LogP) is 2.66. The van der Waals surface area contributed by atoms with Crippen LogP contribution in [0.4, 0.5) is 11.4 Å². The zero-order valence-electron chi connectivity index (χ0n) is 16.1. The number of rotatable bonds is 7. The number of hydrogen-bond acceptors (Lipinski definition) is 5. The number of piperazine rings is 1. The van der Waals surface area contributed by atoms with Gasteiger partial charge < -0.3 is 10.2 Å². The molecule has 1 saturated heterocycles. The Labute approximate surface area is 169 Å². The van der Waals surface area contributed by atoms with E-state index in [1.165, 1.54) is 29.8 Å². The lowest BCUT2D eigenvalue weighted by Crippen LogP contribution is -2.48. The van der Waals surface area contributed by atoms with Gasteiger partial charge in [0, 0.05) is 63.4 Å². The standard InChI is InChI=1S/C21H24N4O4/c26-20(22-18-6-8-19(9-7-18)25(28)29)10-11-21(27)24-14-12-23(13-15-24)16-17-4-2-1-3-5-17/h1-9H,10-16H2,(H,22,26). The Balaban J connectivity index is 1.38. The van der Waals surface area contributed by atoms with Gasteiger partial charge in [-0.2, -0.15) is 0 Å².